The number of nitriles is 1. The van der Waals surface area contributed by atoms with Gasteiger partial charge in [0.05, 0.1) is 5.69 Å². The summed E-state index contributed by atoms with van der Waals surface area (Å²) in [6.07, 6.45) is 0. The molecule has 0 unspecified atom stereocenters. The van der Waals surface area contributed by atoms with Gasteiger partial charge >= 0.3 is 0 Å². The van der Waals surface area contributed by atoms with Gasteiger partial charge in [0, 0.05) is 17.1 Å². The molecule has 3 nitrogen and oxygen atoms in total. The molecule has 0 aliphatic rings. The lowest BCUT2D eigenvalue weighted by atomic mass is 10.2. The minimum atomic E-state index is 0.484. The summed E-state index contributed by atoms with van der Waals surface area (Å²) >= 11 is 3.42. The molecule has 2 rings (SSSR count). The fraction of sp³-hybridized carbons (Fsp3) is 0.167. The maximum Gasteiger partial charge on any atom is 0.162 e. The second-order valence-corrected chi connectivity index (χ2v) is 4.47. The van der Waals surface area contributed by atoms with Gasteiger partial charge in [0.2, 0.25) is 0 Å². The summed E-state index contributed by atoms with van der Waals surface area (Å²) in [5, 5.41) is 8.92. The topological polar surface area (TPSA) is 41.6 Å². The normalized spacial score (nSPS) is 10.1. The van der Waals surface area contributed by atoms with Gasteiger partial charge in [-0.2, -0.15) is 5.26 Å². The number of benzene rings is 1. The van der Waals surface area contributed by atoms with E-state index in [1.54, 1.807) is 0 Å². The van der Waals surface area contributed by atoms with E-state index < -0.39 is 0 Å². The van der Waals surface area contributed by atoms with Crippen LogP contribution in [0, 0.1) is 18.3 Å². The number of nitrogens with zero attached hydrogens (tertiary/aromatic N) is 3. The molecule has 0 saturated carbocycles. The number of halogens is 1. The van der Waals surface area contributed by atoms with Crippen molar-refractivity contribution in [2.24, 2.45) is 7.05 Å². The van der Waals surface area contributed by atoms with Crippen molar-refractivity contribution in [3.05, 3.63) is 40.1 Å². The highest BCUT2D eigenvalue weighted by Crippen LogP contribution is 2.23. The maximum atomic E-state index is 8.92. The first-order valence-electron chi connectivity index (χ1n) is 4.83. The Morgan fingerprint density at radius 2 is 2.19 bits per heavy atom. The van der Waals surface area contributed by atoms with Gasteiger partial charge in [-0.1, -0.05) is 28.1 Å². The van der Waals surface area contributed by atoms with Crippen LogP contribution in [0.25, 0.3) is 11.4 Å². The van der Waals surface area contributed by atoms with Crippen LogP contribution in [0.5, 0.6) is 0 Å². The Hall–Kier alpha value is -1.60. The zero-order chi connectivity index (χ0) is 11.7. The molecule has 0 atom stereocenters. The van der Waals surface area contributed by atoms with Crippen LogP contribution in [0.2, 0.25) is 0 Å². The van der Waals surface area contributed by atoms with E-state index >= 15 is 0 Å². The van der Waals surface area contributed by atoms with Crippen molar-refractivity contribution >= 4 is 15.9 Å². The molecule has 2 aromatic rings. The Labute approximate surface area is 102 Å². The van der Waals surface area contributed by atoms with E-state index in [9.17, 15) is 0 Å². The molecule has 16 heavy (non-hydrogen) atoms. The predicted octanol–water partition coefficient (Wildman–Crippen LogP) is 3.03. The number of imidazole rings is 1. The van der Waals surface area contributed by atoms with E-state index in [0.29, 0.717) is 5.69 Å². The van der Waals surface area contributed by atoms with E-state index in [0.717, 1.165) is 21.6 Å². The molecule has 0 bridgehead atoms. The summed E-state index contributed by atoms with van der Waals surface area (Å²) in [6, 6.07) is 9.98. The molecule has 0 N–H and O–H groups in total. The Morgan fingerprint density at radius 1 is 1.44 bits per heavy atom. The quantitative estimate of drug-likeness (QED) is 0.803. The largest absolute Gasteiger partial charge is 0.330 e. The van der Waals surface area contributed by atoms with Gasteiger partial charge in [0.1, 0.15) is 11.9 Å². The summed E-state index contributed by atoms with van der Waals surface area (Å²) in [5.74, 6) is 0.815. The smallest absolute Gasteiger partial charge is 0.162 e. The minimum absolute atomic E-state index is 0.484. The second kappa shape index (κ2) is 4.11. The zero-order valence-corrected chi connectivity index (χ0v) is 10.6. The third kappa shape index (κ3) is 1.74. The van der Waals surface area contributed by atoms with Crippen LogP contribution in [-0.4, -0.2) is 9.55 Å². The number of hydrogen-bond donors (Lipinski definition) is 0. The fourth-order valence-corrected chi connectivity index (χ4v) is 1.97. The second-order valence-electron chi connectivity index (χ2n) is 3.55. The third-order valence-corrected chi connectivity index (χ3v) is 3.06. The fourth-order valence-electron chi connectivity index (χ4n) is 1.57. The monoisotopic (exact) mass is 275 g/mol. The average molecular weight is 276 g/mol. The van der Waals surface area contributed by atoms with Crippen molar-refractivity contribution in [2.45, 2.75) is 6.92 Å². The highest BCUT2D eigenvalue weighted by Gasteiger charge is 2.12. The molecule has 1 heterocycles. The SMILES string of the molecule is Cc1c(C#N)nc(-c2cccc(Br)c2)n1C. The van der Waals surface area contributed by atoms with Crippen molar-refractivity contribution < 1.29 is 0 Å². The van der Waals surface area contributed by atoms with Crippen LogP contribution in [0.4, 0.5) is 0 Å². The van der Waals surface area contributed by atoms with Crippen molar-refractivity contribution in [1.82, 2.24) is 9.55 Å². The van der Waals surface area contributed by atoms with Crippen LogP contribution < -0.4 is 0 Å². The summed E-state index contributed by atoms with van der Waals surface area (Å²) in [7, 11) is 1.92. The molecule has 0 amide bonds. The highest BCUT2D eigenvalue weighted by molar-refractivity contribution is 9.10. The molecule has 0 spiro atoms. The van der Waals surface area contributed by atoms with E-state index in [-0.39, 0.29) is 0 Å². The van der Waals surface area contributed by atoms with Crippen molar-refractivity contribution in [2.75, 3.05) is 0 Å². The number of hydrogen-bond acceptors (Lipinski definition) is 2. The van der Waals surface area contributed by atoms with Crippen LogP contribution in [0.1, 0.15) is 11.4 Å². The van der Waals surface area contributed by atoms with Crippen LogP contribution >= 0.6 is 15.9 Å². The van der Waals surface area contributed by atoms with Gasteiger partial charge in [-0.3, -0.25) is 0 Å². The lowest BCUT2D eigenvalue weighted by Crippen LogP contribution is -1.94. The molecular weight excluding hydrogens is 266 g/mol. The first-order chi connectivity index (χ1) is 7.63. The highest BCUT2D eigenvalue weighted by atomic mass is 79.9. The molecule has 80 valence electrons. The Balaban J connectivity index is 2.62. The molecular formula is C12H10BrN3. The van der Waals surface area contributed by atoms with E-state index in [1.807, 2.05) is 42.8 Å². The molecule has 1 aromatic heterocycles. The van der Waals surface area contributed by atoms with Crippen molar-refractivity contribution in [3.8, 4) is 17.5 Å². The van der Waals surface area contributed by atoms with Gasteiger partial charge in [0.25, 0.3) is 0 Å². The van der Waals surface area contributed by atoms with Crippen LogP contribution in [0.3, 0.4) is 0 Å². The van der Waals surface area contributed by atoms with Gasteiger partial charge in [-0.05, 0) is 19.1 Å². The Morgan fingerprint density at radius 3 is 2.75 bits per heavy atom. The zero-order valence-electron chi connectivity index (χ0n) is 9.03. The first-order valence-corrected chi connectivity index (χ1v) is 5.62. The Kier molecular flexibility index (Phi) is 2.80. The summed E-state index contributed by atoms with van der Waals surface area (Å²) < 4.78 is 2.93. The van der Waals surface area contributed by atoms with E-state index in [2.05, 4.69) is 27.0 Å². The van der Waals surface area contributed by atoms with Crippen molar-refractivity contribution in [1.29, 1.82) is 5.26 Å². The van der Waals surface area contributed by atoms with Crippen LogP contribution in [-0.2, 0) is 7.05 Å². The molecule has 4 heteroatoms. The van der Waals surface area contributed by atoms with Gasteiger partial charge in [-0.15, -0.1) is 0 Å². The molecule has 0 aliphatic carbocycles. The van der Waals surface area contributed by atoms with E-state index in [1.165, 1.54) is 0 Å². The lowest BCUT2D eigenvalue weighted by molar-refractivity contribution is 0.883. The summed E-state index contributed by atoms with van der Waals surface area (Å²) in [5.41, 5.74) is 2.37. The molecule has 0 aliphatic heterocycles. The molecule has 1 aromatic carbocycles. The summed E-state index contributed by atoms with van der Waals surface area (Å²) in [6.45, 7) is 1.90. The van der Waals surface area contributed by atoms with Gasteiger partial charge in [0.15, 0.2) is 5.69 Å². The summed E-state index contributed by atoms with van der Waals surface area (Å²) in [4.78, 5) is 4.32. The minimum Gasteiger partial charge on any atom is -0.330 e. The maximum absolute atomic E-state index is 8.92. The molecule has 0 fully saturated rings. The molecule has 0 radical (unpaired) electrons. The van der Waals surface area contributed by atoms with Gasteiger partial charge in [-0.25, -0.2) is 4.98 Å². The van der Waals surface area contributed by atoms with Crippen LogP contribution in [0.15, 0.2) is 28.7 Å². The number of aromatic nitrogens is 2. The predicted molar refractivity (Wildman–Crippen MR) is 65.8 cm³/mol. The standard InChI is InChI=1S/C12H10BrN3/c1-8-11(7-14)15-12(16(8)2)9-4-3-5-10(13)6-9/h3-6H,1-2H3. The molecule has 0 saturated heterocycles. The van der Waals surface area contributed by atoms with Gasteiger partial charge < -0.3 is 4.57 Å². The third-order valence-electron chi connectivity index (χ3n) is 2.57. The Bertz CT molecular complexity index is 578. The van der Waals surface area contributed by atoms with E-state index in [4.69, 9.17) is 5.26 Å². The first kappa shape index (κ1) is 10.9. The van der Waals surface area contributed by atoms with Crippen molar-refractivity contribution in [3.63, 3.8) is 0 Å². The average Bonchev–Trinajstić information content (AvgIpc) is 2.56. The lowest BCUT2D eigenvalue weighted by Gasteiger charge is -2.03. The number of rotatable bonds is 1.